The molecule has 11 heavy (non-hydrogen) atoms. The Morgan fingerprint density at radius 1 is 1.36 bits per heavy atom. The van der Waals surface area contributed by atoms with Gasteiger partial charge in [-0.25, -0.2) is 0 Å². The Kier molecular flexibility index (Phi) is 4.34. The van der Waals surface area contributed by atoms with Crippen LogP contribution in [-0.2, 0) is 9.53 Å². The Balaban J connectivity index is 3.82. The van der Waals surface area contributed by atoms with Crippen molar-refractivity contribution < 1.29 is 9.53 Å². The van der Waals surface area contributed by atoms with E-state index in [1.54, 1.807) is 0 Å². The van der Waals surface area contributed by atoms with Crippen molar-refractivity contribution in [1.82, 2.24) is 0 Å². The third-order valence-corrected chi connectivity index (χ3v) is 2.08. The van der Waals surface area contributed by atoms with Crippen LogP contribution in [0.5, 0.6) is 0 Å². The molecule has 0 radical (unpaired) electrons. The first-order chi connectivity index (χ1) is 5.04. The minimum Gasteiger partial charge on any atom is -0.374 e. The van der Waals surface area contributed by atoms with E-state index in [1.807, 2.05) is 27.7 Å². The maximum atomic E-state index is 11.3. The van der Waals surface area contributed by atoms with Gasteiger partial charge >= 0.3 is 0 Å². The summed E-state index contributed by atoms with van der Waals surface area (Å²) in [5.41, 5.74) is -0.213. The molecule has 0 aliphatic rings. The van der Waals surface area contributed by atoms with Crippen molar-refractivity contribution in [2.24, 2.45) is 5.41 Å². The molecule has 0 aromatic heterocycles. The first-order valence-electron chi connectivity index (χ1n) is 4.15. The van der Waals surface area contributed by atoms with Crippen molar-refractivity contribution in [3.05, 3.63) is 0 Å². The molecule has 0 heterocycles. The van der Waals surface area contributed by atoms with Crippen molar-refractivity contribution >= 4 is 5.78 Å². The van der Waals surface area contributed by atoms with Crippen LogP contribution in [0.4, 0.5) is 0 Å². The predicted molar refractivity (Wildman–Crippen MR) is 45.6 cm³/mol. The quantitative estimate of drug-likeness (QED) is 0.612. The standard InChI is InChI=1S/C9H18O2/c1-5-9(3,4)8(10)7-11-6-2/h5-7H2,1-4H3. The molecule has 0 aliphatic carbocycles. The van der Waals surface area contributed by atoms with E-state index >= 15 is 0 Å². The molecule has 0 aliphatic heterocycles. The first kappa shape index (κ1) is 10.6. The zero-order valence-electron chi connectivity index (χ0n) is 7.94. The summed E-state index contributed by atoms with van der Waals surface area (Å²) in [5.74, 6) is 0.196. The van der Waals surface area contributed by atoms with Crippen molar-refractivity contribution in [3.63, 3.8) is 0 Å². The third-order valence-electron chi connectivity index (χ3n) is 2.08. The van der Waals surface area contributed by atoms with Gasteiger partial charge in [0.2, 0.25) is 0 Å². The van der Waals surface area contributed by atoms with Crippen LogP contribution in [0.25, 0.3) is 0 Å². The maximum absolute atomic E-state index is 11.3. The Hall–Kier alpha value is -0.370. The molecule has 0 aromatic rings. The van der Waals surface area contributed by atoms with Gasteiger partial charge in [0.1, 0.15) is 6.61 Å². The Morgan fingerprint density at radius 2 is 1.91 bits per heavy atom. The van der Waals surface area contributed by atoms with Crippen LogP contribution in [0, 0.1) is 5.41 Å². The highest BCUT2D eigenvalue weighted by Crippen LogP contribution is 2.20. The van der Waals surface area contributed by atoms with Crippen LogP contribution in [-0.4, -0.2) is 19.0 Å². The lowest BCUT2D eigenvalue weighted by Crippen LogP contribution is -2.27. The molecular weight excluding hydrogens is 140 g/mol. The minimum atomic E-state index is -0.213. The molecule has 0 bridgehead atoms. The van der Waals surface area contributed by atoms with E-state index in [-0.39, 0.29) is 17.8 Å². The maximum Gasteiger partial charge on any atom is 0.164 e. The summed E-state index contributed by atoms with van der Waals surface area (Å²) >= 11 is 0. The number of ether oxygens (including phenoxy) is 1. The van der Waals surface area contributed by atoms with E-state index in [4.69, 9.17) is 4.74 Å². The highest BCUT2D eigenvalue weighted by atomic mass is 16.5. The average Bonchev–Trinajstić information content (AvgIpc) is 2.00. The number of carbonyl (C=O) groups is 1. The van der Waals surface area contributed by atoms with Crippen LogP contribution >= 0.6 is 0 Å². The van der Waals surface area contributed by atoms with Gasteiger partial charge in [0, 0.05) is 12.0 Å². The Labute approximate surface area is 68.9 Å². The smallest absolute Gasteiger partial charge is 0.164 e. The minimum absolute atomic E-state index is 0.196. The molecule has 0 saturated heterocycles. The normalized spacial score (nSPS) is 11.6. The molecule has 0 fully saturated rings. The largest absolute Gasteiger partial charge is 0.374 e. The molecule has 2 nitrogen and oxygen atoms in total. The second kappa shape index (κ2) is 4.50. The number of hydrogen-bond acceptors (Lipinski definition) is 2. The molecule has 0 atom stereocenters. The lowest BCUT2D eigenvalue weighted by atomic mass is 9.86. The average molecular weight is 158 g/mol. The van der Waals surface area contributed by atoms with Gasteiger partial charge in [-0.1, -0.05) is 20.8 Å². The van der Waals surface area contributed by atoms with Crippen molar-refractivity contribution in [1.29, 1.82) is 0 Å². The summed E-state index contributed by atoms with van der Waals surface area (Å²) in [7, 11) is 0. The van der Waals surface area contributed by atoms with Crippen molar-refractivity contribution in [2.45, 2.75) is 34.1 Å². The molecule has 0 N–H and O–H groups in total. The van der Waals surface area contributed by atoms with Crippen molar-refractivity contribution in [2.75, 3.05) is 13.2 Å². The van der Waals surface area contributed by atoms with Crippen LogP contribution in [0.2, 0.25) is 0 Å². The first-order valence-corrected chi connectivity index (χ1v) is 4.15. The monoisotopic (exact) mass is 158 g/mol. The molecule has 0 rings (SSSR count). The summed E-state index contributed by atoms with van der Waals surface area (Å²) in [4.78, 5) is 11.3. The molecular formula is C9H18O2. The van der Waals surface area contributed by atoms with Gasteiger partial charge in [-0.3, -0.25) is 4.79 Å². The molecule has 2 heteroatoms. The Morgan fingerprint density at radius 3 is 2.27 bits per heavy atom. The SMILES string of the molecule is CCOCC(=O)C(C)(C)CC. The highest BCUT2D eigenvalue weighted by molar-refractivity contribution is 5.85. The summed E-state index contributed by atoms with van der Waals surface area (Å²) in [6, 6.07) is 0. The van der Waals surface area contributed by atoms with Gasteiger partial charge in [-0.15, -0.1) is 0 Å². The third kappa shape index (κ3) is 3.51. The van der Waals surface area contributed by atoms with Gasteiger partial charge in [0.05, 0.1) is 0 Å². The zero-order chi connectivity index (χ0) is 8.91. The predicted octanol–water partition coefficient (Wildman–Crippen LogP) is 2.03. The van der Waals surface area contributed by atoms with Crippen molar-refractivity contribution in [3.8, 4) is 0 Å². The zero-order valence-corrected chi connectivity index (χ0v) is 7.94. The van der Waals surface area contributed by atoms with E-state index in [0.717, 1.165) is 6.42 Å². The van der Waals surface area contributed by atoms with Crippen LogP contribution < -0.4 is 0 Å². The topological polar surface area (TPSA) is 26.3 Å². The van der Waals surface area contributed by atoms with Gasteiger partial charge < -0.3 is 4.74 Å². The van der Waals surface area contributed by atoms with E-state index < -0.39 is 0 Å². The number of carbonyl (C=O) groups excluding carboxylic acids is 1. The van der Waals surface area contributed by atoms with E-state index in [1.165, 1.54) is 0 Å². The lowest BCUT2D eigenvalue weighted by Gasteiger charge is -2.20. The van der Waals surface area contributed by atoms with Gasteiger partial charge in [-0.2, -0.15) is 0 Å². The molecule has 0 amide bonds. The molecule has 0 saturated carbocycles. The molecule has 0 spiro atoms. The van der Waals surface area contributed by atoms with Gasteiger partial charge in [0.25, 0.3) is 0 Å². The highest BCUT2D eigenvalue weighted by Gasteiger charge is 2.24. The molecule has 0 unspecified atom stereocenters. The number of Topliss-reactive ketones (excluding diaryl/α,β-unsaturated/α-hetero) is 1. The number of hydrogen-bond donors (Lipinski definition) is 0. The van der Waals surface area contributed by atoms with Gasteiger partial charge in [-0.05, 0) is 13.3 Å². The summed E-state index contributed by atoms with van der Waals surface area (Å²) < 4.78 is 5.03. The second-order valence-electron chi connectivity index (χ2n) is 3.30. The summed E-state index contributed by atoms with van der Waals surface area (Å²) in [6.07, 6.45) is 0.874. The van der Waals surface area contributed by atoms with E-state index in [2.05, 4.69) is 0 Å². The second-order valence-corrected chi connectivity index (χ2v) is 3.30. The van der Waals surface area contributed by atoms with Gasteiger partial charge in [0.15, 0.2) is 5.78 Å². The van der Waals surface area contributed by atoms with Crippen LogP contribution in [0.1, 0.15) is 34.1 Å². The molecule has 66 valence electrons. The molecule has 0 aromatic carbocycles. The van der Waals surface area contributed by atoms with E-state index in [0.29, 0.717) is 6.61 Å². The van der Waals surface area contributed by atoms with Crippen LogP contribution in [0.15, 0.2) is 0 Å². The fourth-order valence-corrected chi connectivity index (χ4v) is 0.587. The number of ketones is 1. The number of rotatable bonds is 5. The lowest BCUT2D eigenvalue weighted by molar-refractivity contribution is -0.131. The Bertz CT molecular complexity index is 128. The fraction of sp³-hybridized carbons (Fsp3) is 0.889. The van der Waals surface area contributed by atoms with E-state index in [9.17, 15) is 4.79 Å². The summed E-state index contributed by atoms with van der Waals surface area (Å²) in [5, 5.41) is 0. The summed E-state index contributed by atoms with van der Waals surface area (Å²) in [6.45, 7) is 8.70. The fourth-order valence-electron chi connectivity index (χ4n) is 0.587. The van der Waals surface area contributed by atoms with Crippen LogP contribution in [0.3, 0.4) is 0 Å².